The molecule has 0 aromatic heterocycles. The molecule has 0 saturated carbocycles. The van der Waals surface area contributed by atoms with Gasteiger partial charge in [0, 0.05) is 0 Å². The van der Waals surface area contributed by atoms with Gasteiger partial charge in [0.15, 0.2) is 11.6 Å². The summed E-state index contributed by atoms with van der Waals surface area (Å²) in [4.78, 5) is 11.4. The lowest BCUT2D eigenvalue weighted by Crippen LogP contribution is -2.09. The molecule has 0 amide bonds. The van der Waals surface area contributed by atoms with Gasteiger partial charge in [-0.05, 0) is 25.5 Å². The molecule has 0 heterocycles. The maximum Gasteiger partial charge on any atom is 0.342 e. The Morgan fingerprint density at radius 1 is 1.47 bits per heavy atom. The van der Waals surface area contributed by atoms with Gasteiger partial charge in [0.2, 0.25) is 0 Å². The van der Waals surface area contributed by atoms with Crippen molar-refractivity contribution in [3.63, 3.8) is 0 Å². The Balaban J connectivity index is 3.31. The van der Waals surface area contributed by atoms with E-state index in [2.05, 4.69) is 4.74 Å². The molecule has 82 valence electrons. The van der Waals surface area contributed by atoms with Crippen molar-refractivity contribution < 1.29 is 18.7 Å². The van der Waals surface area contributed by atoms with Gasteiger partial charge in [0.1, 0.15) is 5.56 Å². The Morgan fingerprint density at radius 3 is 2.67 bits per heavy atom. The van der Waals surface area contributed by atoms with Gasteiger partial charge in [-0.15, -0.1) is 0 Å². The molecule has 0 bridgehead atoms. The molecule has 0 radical (unpaired) electrons. The minimum Gasteiger partial charge on any atom is -0.490 e. The molecular formula is C11H13FO3. The zero-order valence-corrected chi connectivity index (χ0v) is 8.96. The number of ether oxygens (including phenoxy) is 2. The number of aryl methyl sites for hydroxylation is 1. The summed E-state index contributed by atoms with van der Waals surface area (Å²) < 4.78 is 23.1. The second kappa shape index (κ2) is 4.77. The first-order valence-electron chi connectivity index (χ1n) is 4.62. The molecule has 3 nitrogen and oxygen atoms in total. The summed E-state index contributed by atoms with van der Waals surface area (Å²) in [6.07, 6.45) is 0. The van der Waals surface area contributed by atoms with Gasteiger partial charge >= 0.3 is 5.97 Å². The van der Waals surface area contributed by atoms with Crippen LogP contribution in [0.5, 0.6) is 5.75 Å². The second-order valence-electron chi connectivity index (χ2n) is 2.99. The van der Waals surface area contributed by atoms with Crippen LogP contribution >= 0.6 is 0 Å². The van der Waals surface area contributed by atoms with Crippen LogP contribution in [0.4, 0.5) is 4.39 Å². The number of esters is 1. The fourth-order valence-electron chi connectivity index (χ4n) is 1.30. The summed E-state index contributed by atoms with van der Waals surface area (Å²) in [6, 6.07) is 2.79. The molecule has 1 aromatic carbocycles. The molecule has 0 fully saturated rings. The first-order chi connectivity index (χ1) is 7.11. The minimum absolute atomic E-state index is 0.0376. The van der Waals surface area contributed by atoms with E-state index < -0.39 is 11.8 Å². The van der Waals surface area contributed by atoms with Gasteiger partial charge in [-0.2, -0.15) is 0 Å². The summed E-state index contributed by atoms with van der Waals surface area (Å²) >= 11 is 0. The molecule has 0 unspecified atom stereocenters. The number of hydrogen-bond acceptors (Lipinski definition) is 3. The molecule has 4 heteroatoms. The highest BCUT2D eigenvalue weighted by atomic mass is 19.1. The number of hydrogen-bond donors (Lipinski definition) is 0. The average molecular weight is 212 g/mol. The smallest absolute Gasteiger partial charge is 0.342 e. The van der Waals surface area contributed by atoms with E-state index in [0.717, 1.165) is 0 Å². The monoisotopic (exact) mass is 212 g/mol. The van der Waals surface area contributed by atoms with Crippen LogP contribution < -0.4 is 4.74 Å². The maximum absolute atomic E-state index is 13.4. The summed E-state index contributed by atoms with van der Waals surface area (Å²) in [5, 5.41) is 0. The average Bonchev–Trinajstić information content (AvgIpc) is 2.23. The lowest BCUT2D eigenvalue weighted by Gasteiger charge is -2.11. The van der Waals surface area contributed by atoms with Crippen LogP contribution in [0.15, 0.2) is 12.1 Å². The molecule has 0 aliphatic heterocycles. The van der Waals surface area contributed by atoms with Crippen molar-refractivity contribution in [1.82, 2.24) is 0 Å². The Kier molecular flexibility index (Phi) is 3.66. The van der Waals surface area contributed by atoms with Crippen LogP contribution in [0.2, 0.25) is 0 Å². The highest BCUT2D eigenvalue weighted by Gasteiger charge is 2.19. The number of methoxy groups -OCH3 is 1. The van der Waals surface area contributed by atoms with Gasteiger partial charge in [0.25, 0.3) is 0 Å². The van der Waals surface area contributed by atoms with Crippen LogP contribution in [-0.2, 0) is 4.74 Å². The van der Waals surface area contributed by atoms with E-state index in [0.29, 0.717) is 12.2 Å². The number of carbonyl (C=O) groups excluding carboxylic acids is 1. The minimum atomic E-state index is -0.588. The third-order valence-corrected chi connectivity index (χ3v) is 2.00. The molecule has 15 heavy (non-hydrogen) atoms. The van der Waals surface area contributed by atoms with E-state index in [1.807, 2.05) is 0 Å². The topological polar surface area (TPSA) is 35.5 Å². The first-order valence-corrected chi connectivity index (χ1v) is 4.62. The largest absolute Gasteiger partial charge is 0.490 e. The van der Waals surface area contributed by atoms with Crippen molar-refractivity contribution >= 4 is 5.97 Å². The molecule has 0 spiro atoms. The molecule has 0 N–H and O–H groups in total. The third kappa shape index (κ3) is 2.26. The predicted octanol–water partition coefficient (Wildman–Crippen LogP) is 2.32. The lowest BCUT2D eigenvalue weighted by molar-refractivity contribution is 0.0594. The summed E-state index contributed by atoms with van der Waals surface area (Å²) in [6.45, 7) is 3.72. The van der Waals surface area contributed by atoms with E-state index in [-0.39, 0.29) is 11.3 Å². The number of halogens is 1. The summed E-state index contributed by atoms with van der Waals surface area (Å²) in [5.74, 6) is -1.18. The van der Waals surface area contributed by atoms with Crippen LogP contribution in [-0.4, -0.2) is 19.7 Å². The van der Waals surface area contributed by atoms with Gasteiger partial charge < -0.3 is 9.47 Å². The number of rotatable bonds is 3. The second-order valence-corrected chi connectivity index (χ2v) is 2.99. The van der Waals surface area contributed by atoms with Gasteiger partial charge in [-0.25, -0.2) is 9.18 Å². The Bertz CT molecular complexity index is 374. The highest BCUT2D eigenvalue weighted by Crippen LogP contribution is 2.26. The Labute approximate surface area is 87.8 Å². The van der Waals surface area contributed by atoms with E-state index in [1.54, 1.807) is 13.8 Å². The van der Waals surface area contributed by atoms with Crippen LogP contribution in [0, 0.1) is 12.7 Å². The molecular weight excluding hydrogens is 199 g/mol. The molecule has 0 atom stereocenters. The van der Waals surface area contributed by atoms with Crippen molar-refractivity contribution in [2.45, 2.75) is 13.8 Å². The molecule has 1 rings (SSSR count). The molecule has 1 aromatic rings. The zero-order chi connectivity index (χ0) is 11.4. The highest BCUT2D eigenvalue weighted by molar-refractivity contribution is 5.94. The molecule has 0 saturated heterocycles. The Morgan fingerprint density at radius 2 is 2.13 bits per heavy atom. The Hall–Kier alpha value is -1.58. The number of carbonyl (C=O) groups is 1. The normalized spacial score (nSPS) is 9.87. The fourth-order valence-corrected chi connectivity index (χ4v) is 1.30. The number of benzene rings is 1. The van der Waals surface area contributed by atoms with E-state index in [1.165, 1.54) is 19.2 Å². The summed E-state index contributed by atoms with van der Waals surface area (Å²) in [7, 11) is 1.25. The van der Waals surface area contributed by atoms with E-state index >= 15 is 0 Å². The first kappa shape index (κ1) is 11.5. The van der Waals surface area contributed by atoms with Crippen LogP contribution in [0.25, 0.3) is 0 Å². The van der Waals surface area contributed by atoms with Crippen molar-refractivity contribution in [2.24, 2.45) is 0 Å². The van der Waals surface area contributed by atoms with Crippen LogP contribution in [0.3, 0.4) is 0 Å². The fraction of sp³-hybridized carbons (Fsp3) is 0.364. The standard InChI is InChI=1S/C11H13FO3/c1-4-15-10-8(12)6-5-7(2)9(10)11(13)14-3/h5-6H,4H2,1-3H3. The van der Waals surface area contributed by atoms with Crippen molar-refractivity contribution in [3.8, 4) is 5.75 Å². The SMILES string of the molecule is CCOc1c(F)ccc(C)c1C(=O)OC. The van der Waals surface area contributed by atoms with Gasteiger partial charge in [-0.3, -0.25) is 0 Å². The quantitative estimate of drug-likeness (QED) is 0.721. The summed E-state index contributed by atoms with van der Waals surface area (Å²) in [5.41, 5.74) is 0.783. The van der Waals surface area contributed by atoms with Gasteiger partial charge in [0.05, 0.1) is 13.7 Å². The van der Waals surface area contributed by atoms with Crippen molar-refractivity contribution in [3.05, 3.63) is 29.1 Å². The van der Waals surface area contributed by atoms with Crippen LogP contribution in [0.1, 0.15) is 22.8 Å². The predicted molar refractivity (Wildman–Crippen MR) is 53.6 cm³/mol. The van der Waals surface area contributed by atoms with Gasteiger partial charge in [-0.1, -0.05) is 6.07 Å². The third-order valence-electron chi connectivity index (χ3n) is 2.00. The molecule has 0 aliphatic carbocycles. The van der Waals surface area contributed by atoms with Crippen molar-refractivity contribution in [1.29, 1.82) is 0 Å². The maximum atomic E-state index is 13.4. The lowest BCUT2D eigenvalue weighted by atomic mass is 10.1. The zero-order valence-electron chi connectivity index (χ0n) is 8.96. The molecule has 0 aliphatic rings. The van der Waals surface area contributed by atoms with E-state index in [4.69, 9.17) is 4.74 Å². The van der Waals surface area contributed by atoms with E-state index in [9.17, 15) is 9.18 Å². The van der Waals surface area contributed by atoms with Crippen molar-refractivity contribution in [2.75, 3.05) is 13.7 Å².